The van der Waals surface area contributed by atoms with Crippen LogP contribution in [0.5, 0.6) is 0 Å². The monoisotopic (exact) mass is 276 g/mol. The van der Waals surface area contributed by atoms with Gasteiger partial charge < -0.3 is 5.32 Å². The van der Waals surface area contributed by atoms with E-state index in [0.29, 0.717) is 13.1 Å². The van der Waals surface area contributed by atoms with Crippen molar-refractivity contribution in [2.45, 2.75) is 24.0 Å². The second-order valence-electron chi connectivity index (χ2n) is 4.36. The first-order chi connectivity index (χ1) is 9.09. The third kappa shape index (κ3) is 3.23. The van der Waals surface area contributed by atoms with Gasteiger partial charge in [-0.25, -0.2) is 0 Å². The number of fused-ring (bicyclic) bond motifs is 1. The SMILES string of the molecule is CC(=O)NCCN=C(C)C1Sc2ccccc2C1=O. The van der Waals surface area contributed by atoms with Crippen molar-refractivity contribution in [1.29, 1.82) is 0 Å². The van der Waals surface area contributed by atoms with Crippen LogP contribution in [0.2, 0.25) is 0 Å². The van der Waals surface area contributed by atoms with Crippen molar-refractivity contribution in [2.75, 3.05) is 13.1 Å². The first kappa shape index (κ1) is 13.8. The second-order valence-corrected chi connectivity index (χ2v) is 5.51. The number of rotatable bonds is 4. The number of nitrogens with one attached hydrogen (secondary N) is 1. The summed E-state index contributed by atoms with van der Waals surface area (Å²) < 4.78 is 0. The van der Waals surface area contributed by atoms with Crippen molar-refractivity contribution in [3.8, 4) is 0 Å². The molecular formula is C14H16N2O2S. The van der Waals surface area contributed by atoms with Gasteiger partial charge in [0.25, 0.3) is 0 Å². The lowest BCUT2D eigenvalue weighted by Crippen LogP contribution is -2.25. The topological polar surface area (TPSA) is 58.5 Å². The van der Waals surface area contributed by atoms with E-state index in [4.69, 9.17) is 0 Å². The Bertz CT molecular complexity index is 540. The summed E-state index contributed by atoms with van der Waals surface area (Å²) in [6.07, 6.45) is 0. The van der Waals surface area contributed by atoms with Gasteiger partial charge in [0.2, 0.25) is 5.91 Å². The Morgan fingerprint density at radius 2 is 2.11 bits per heavy atom. The lowest BCUT2D eigenvalue weighted by molar-refractivity contribution is -0.118. The molecule has 1 N–H and O–H groups in total. The van der Waals surface area contributed by atoms with Crippen molar-refractivity contribution < 1.29 is 9.59 Å². The fourth-order valence-corrected chi connectivity index (χ4v) is 3.10. The molecule has 0 spiro atoms. The minimum atomic E-state index is -0.213. The van der Waals surface area contributed by atoms with E-state index in [1.807, 2.05) is 31.2 Å². The van der Waals surface area contributed by atoms with Crippen LogP contribution in [-0.4, -0.2) is 35.7 Å². The van der Waals surface area contributed by atoms with Crippen LogP contribution in [-0.2, 0) is 4.79 Å². The molecule has 1 amide bonds. The fourth-order valence-electron chi connectivity index (χ4n) is 1.92. The summed E-state index contributed by atoms with van der Waals surface area (Å²) in [6.45, 7) is 4.36. The lowest BCUT2D eigenvalue weighted by atomic mass is 10.1. The van der Waals surface area contributed by atoms with Crippen molar-refractivity contribution in [3.05, 3.63) is 29.8 Å². The van der Waals surface area contributed by atoms with Crippen molar-refractivity contribution >= 4 is 29.2 Å². The minimum absolute atomic E-state index is 0.0634. The fraction of sp³-hybridized carbons (Fsp3) is 0.357. The molecule has 0 bridgehead atoms. The quantitative estimate of drug-likeness (QED) is 0.675. The molecule has 2 rings (SSSR count). The largest absolute Gasteiger partial charge is 0.354 e. The van der Waals surface area contributed by atoms with Crippen molar-refractivity contribution in [2.24, 2.45) is 4.99 Å². The van der Waals surface area contributed by atoms with Gasteiger partial charge in [0.05, 0.1) is 6.54 Å². The van der Waals surface area contributed by atoms with Crippen LogP contribution in [0.1, 0.15) is 24.2 Å². The van der Waals surface area contributed by atoms with Gasteiger partial charge in [-0.2, -0.15) is 0 Å². The van der Waals surface area contributed by atoms with Crippen LogP contribution in [0.3, 0.4) is 0 Å². The average molecular weight is 276 g/mol. The number of hydrogen-bond acceptors (Lipinski definition) is 4. The number of aliphatic imine (C=N–C) groups is 1. The summed E-state index contributed by atoms with van der Waals surface area (Å²) in [4.78, 5) is 28.3. The number of carbonyl (C=O) groups excluding carboxylic acids is 2. The number of thioether (sulfide) groups is 1. The molecule has 100 valence electrons. The number of benzene rings is 1. The Kier molecular flexibility index (Phi) is 4.37. The minimum Gasteiger partial charge on any atom is -0.354 e. The molecule has 5 heteroatoms. The van der Waals surface area contributed by atoms with E-state index in [-0.39, 0.29) is 16.9 Å². The molecule has 0 radical (unpaired) electrons. The van der Waals surface area contributed by atoms with Crippen LogP contribution in [0.15, 0.2) is 34.2 Å². The number of carbonyl (C=O) groups is 2. The molecule has 1 atom stereocenters. The van der Waals surface area contributed by atoms with E-state index in [0.717, 1.165) is 16.2 Å². The van der Waals surface area contributed by atoms with Crippen LogP contribution in [0.4, 0.5) is 0 Å². The average Bonchev–Trinajstić information content (AvgIpc) is 2.72. The van der Waals surface area contributed by atoms with Crippen molar-refractivity contribution in [1.82, 2.24) is 5.32 Å². The van der Waals surface area contributed by atoms with E-state index < -0.39 is 0 Å². The Hall–Kier alpha value is -1.62. The zero-order valence-corrected chi connectivity index (χ0v) is 11.8. The molecule has 0 fully saturated rings. The maximum Gasteiger partial charge on any atom is 0.216 e. The van der Waals surface area contributed by atoms with Gasteiger partial charge in [-0.1, -0.05) is 18.2 Å². The van der Waals surface area contributed by atoms with Gasteiger partial charge in [-0.3, -0.25) is 14.6 Å². The first-order valence-electron chi connectivity index (χ1n) is 6.15. The highest BCUT2D eigenvalue weighted by Crippen LogP contribution is 2.37. The maximum atomic E-state index is 12.2. The summed E-state index contributed by atoms with van der Waals surface area (Å²) in [7, 11) is 0. The number of amides is 1. The normalized spacial score (nSPS) is 18.3. The molecule has 4 nitrogen and oxygen atoms in total. The summed E-state index contributed by atoms with van der Waals surface area (Å²) in [5.74, 6) is 0.0629. The maximum absolute atomic E-state index is 12.2. The number of hydrogen-bond donors (Lipinski definition) is 1. The van der Waals surface area contributed by atoms with Gasteiger partial charge in [0.1, 0.15) is 5.25 Å². The van der Waals surface area contributed by atoms with Gasteiger partial charge in [0.15, 0.2) is 5.78 Å². The van der Waals surface area contributed by atoms with Gasteiger partial charge in [-0.15, -0.1) is 11.8 Å². The molecule has 1 aromatic carbocycles. The first-order valence-corrected chi connectivity index (χ1v) is 7.03. The lowest BCUT2D eigenvalue weighted by Gasteiger charge is -2.07. The van der Waals surface area contributed by atoms with E-state index in [1.165, 1.54) is 6.92 Å². The molecular weight excluding hydrogens is 260 g/mol. The molecule has 0 saturated heterocycles. The highest BCUT2D eigenvalue weighted by Gasteiger charge is 2.32. The standard InChI is InChI=1S/C14H16N2O2S/c1-9(15-7-8-16-10(2)17)14-13(18)11-5-3-4-6-12(11)19-14/h3-6,14H,7-8H2,1-2H3,(H,16,17). The van der Waals surface area contributed by atoms with Crippen LogP contribution in [0.25, 0.3) is 0 Å². The third-order valence-corrected chi connectivity index (χ3v) is 4.26. The Balaban J connectivity index is 1.99. The molecule has 1 aliphatic heterocycles. The van der Waals surface area contributed by atoms with E-state index in [1.54, 1.807) is 11.8 Å². The molecule has 1 aromatic rings. The van der Waals surface area contributed by atoms with Crippen LogP contribution >= 0.6 is 11.8 Å². The highest BCUT2D eigenvalue weighted by molar-refractivity contribution is 8.02. The van der Waals surface area contributed by atoms with Gasteiger partial charge in [-0.05, 0) is 13.0 Å². The zero-order chi connectivity index (χ0) is 13.8. The Morgan fingerprint density at radius 3 is 2.79 bits per heavy atom. The van der Waals surface area contributed by atoms with Crippen LogP contribution in [0, 0.1) is 0 Å². The molecule has 0 aliphatic carbocycles. The number of Topliss-reactive ketones (excluding diaryl/α,β-unsaturated/α-hetero) is 1. The smallest absolute Gasteiger partial charge is 0.216 e. The molecule has 1 unspecified atom stereocenters. The van der Waals surface area contributed by atoms with E-state index in [9.17, 15) is 9.59 Å². The second kappa shape index (κ2) is 6.02. The van der Waals surface area contributed by atoms with Gasteiger partial charge in [0, 0.05) is 29.6 Å². The summed E-state index contributed by atoms with van der Waals surface area (Å²) in [6, 6.07) is 7.63. The zero-order valence-electron chi connectivity index (χ0n) is 11.0. The van der Waals surface area contributed by atoms with Crippen molar-refractivity contribution in [3.63, 3.8) is 0 Å². The molecule has 0 aromatic heterocycles. The number of nitrogens with zero attached hydrogens (tertiary/aromatic N) is 1. The van der Waals surface area contributed by atoms with Gasteiger partial charge >= 0.3 is 0 Å². The Labute approximate surface area is 116 Å². The third-order valence-electron chi connectivity index (χ3n) is 2.86. The molecule has 0 saturated carbocycles. The summed E-state index contributed by atoms with van der Waals surface area (Å²) >= 11 is 1.55. The summed E-state index contributed by atoms with van der Waals surface area (Å²) in [5.41, 5.74) is 1.60. The predicted octanol–water partition coefficient (Wildman–Crippen LogP) is 1.94. The van der Waals surface area contributed by atoms with E-state index >= 15 is 0 Å². The molecule has 19 heavy (non-hydrogen) atoms. The highest BCUT2D eigenvalue weighted by atomic mass is 32.2. The van der Waals surface area contributed by atoms with Crippen LogP contribution < -0.4 is 5.32 Å². The summed E-state index contributed by atoms with van der Waals surface area (Å²) in [5, 5.41) is 2.47. The Morgan fingerprint density at radius 1 is 1.37 bits per heavy atom. The molecule has 1 aliphatic rings. The number of ketones is 1. The molecule has 1 heterocycles. The predicted molar refractivity (Wildman–Crippen MR) is 77.1 cm³/mol. The van der Waals surface area contributed by atoms with E-state index in [2.05, 4.69) is 10.3 Å².